The third kappa shape index (κ3) is 5.27. The Kier molecular flexibility index (Phi) is 7.13. The molecule has 4 rings (SSSR count). The Balaban J connectivity index is 1.61. The molecular formula is C27H25IN2O3. The van der Waals surface area contributed by atoms with Crippen LogP contribution in [0.4, 0.5) is 5.69 Å². The summed E-state index contributed by atoms with van der Waals surface area (Å²) in [5.41, 5.74) is 5.14. The number of anilines is 1. The van der Waals surface area contributed by atoms with Crippen molar-refractivity contribution in [1.82, 2.24) is 0 Å². The highest BCUT2D eigenvalue weighted by atomic mass is 127. The number of carbonyl (C=O) groups is 1. The van der Waals surface area contributed by atoms with Crippen molar-refractivity contribution in [2.75, 3.05) is 11.6 Å². The van der Waals surface area contributed by atoms with Crippen LogP contribution in [-0.2, 0) is 11.4 Å². The number of benzene rings is 3. The van der Waals surface area contributed by atoms with Crippen molar-refractivity contribution >= 4 is 46.0 Å². The van der Waals surface area contributed by atoms with Crippen LogP contribution >= 0.6 is 22.6 Å². The van der Waals surface area contributed by atoms with E-state index in [0.717, 1.165) is 20.4 Å². The molecule has 1 heterocycles. The summed E-state index contributed by atoms with van der Waals surface area (Å²) in [6.07, 6.45) is 1.86. The zero-order valence-electron chi connectivity index (χ0n) is 18.8. The zero-order valence-corrected chi connectivity index (χ0v) is 21.0. The lowest BCUT2D eigenvalue weighted by Gasteiger charge is -2.15. The maximum absolute atomic E-state index is 13.1. The molecule has 6 heteroatoms. The van der Waals surface area contributed by atoms with Gasteiger partial charge in [0.2, 0.25) is 0 Å². The average molecular weight is 552 g/mol. The fourth-order valence-electron chi connectivity index (χ4n) is 3.63. The molecule has 3 aromatic rings. The molecule has 1 aliphatic heterocycles. The fourth-order valence-corrected chi connectivity index (χ4v) is 4.41. The number of ether oxygens (including phenoxy) is 2. The molecule has 0 fully saturated rings. The van der Waals surface area contributed by atoms with E-state index in [2.05, 4.69) is 46.7 Å². The topological polar surface area (TPSA) is 51.1 Å². The van der Waals surface area contributed by atoms with Crippen LogP contribution in [0.25, 0.3) is 6.08 Å². The molecule has 0 aromatic heterocycles. The molecule has 0 spiro atoms. The molecule has 1 aliphatic rings. The molecule has 1 amide bonds. The predicted molar refractivity (Wildman–Crippen MR) is 141 cm³/mol. The Morgan fingerprint density at radius 1 is 1.00 bits per heavy atom. The molecule has 0 bridgehead atoms. The maximum atomic E-state index is 13.1. The highest BCUT2D eigenvalue weighted by molar-refractivity contribution is 14.1. The first kappa shape index (κ1) is 23.0. The Bertz CT molecular complexity index is 1240. The van der Waals surface area contributed by atoms with Gasteiger partial charge >= 0.3 is 0 Å². The molecule has 3 aromatic carbocycles. The molecule has 5 nitrogen and oxygen atoms in total. The number of halogens is 1. The predicted octanol–water partition coefficient (Wildman–Crippen LogP) is 6.38. The van der Waals surface area contributed by atoms with Gasteiger partial charge in [0, 0.05) is 0 Å². The standard InChI is InChI=1S/C27H25IN2O3/c1-4-32-25-16-21(15-24(28)26(25)33-17-20-10-8-9-18(2)13-20)14-23-19(3)29-30(27(23)31)22-11-6-5-7-12-22/h5-16H,4,17H2,1-3H3/b23-14+. The second-order valence-corrected chi connectivity index (χ2v) is 8.90. The van der Waals surface area contributed by atoms with Gasteiger partial charge in [-0.25, -0.2) is 0 Å². The molecule has 33 heavy (non-hydrogen) atoms. The number of rotatable bonds is 7. The Hall–Kier alpha value is -3.13. The fraction of sp³-hybridized carbons (Fsp3) is 0.185. The first-order valence-electron chi connectivity index (χ1n) is 10.8. The first-order chi connectivity index (χ1) is 16.0. The minimum atomic E-state index is -0.147. The molecule has 0 aliphatic carbocycles. The summed E-state index contributed by atoms with van der Waals surface area (Å²) in [5, 5.41) is 5.90. The number of para-hydroxylation sites is 1. The van der Waals surface area contributed by atoms with Crippen molar-refractivity contribution in [2.24, 2.45) is 5.10 Å². The zero-order chi connectivity index (χ0) is 23.4. The summed E-state index contributed by atoms with van der Waals surface area (Å²) >= 11 is 2.25. The number of carbonyl (C=O) groups excluding carboxylic acids is 1. The van der Waals surface area contributed by atoms with E-state index in [-0.39, 0.29) is 5.91 Å². The smallest absolute Gasteiger partial charge is 0.280 e. The van der Waals surface area contributed by atoms with Crippen LogP contribution in [0.15, 0.2) is 77.4 Å². The van der Waals surface area contributed by atoms with Crippen molar-refractivity contribution in [3.05, 3.63) is 92.6 Å². The van der Waals surface area contributed by atoms with Crippen LogP contribution < -0.4 is 14.5 Å². The summed E-state index contributed by atoms with van der Waals surface area (Å²) in [7, 11) is 0. The number of nitrogens with zero attached hydrogens (tertiary/aromatic N) is 2. The molecular weight excluding hydrogens is 527 g/mol. The van der Waals surface area contributed by atoms with Crippen LogP contribution in [0.3, 0.4) is 0 Å². The van der Waals surface area contributed by atoms with Crippen LogP contribution in [0, 0.1) is 10.5 Å². The number of amides is 1. The van der Waals surface area contributed by atoms with Crippen molar-refractivity contribution in [3.8, 4) is 11.5 Å². The molecule has 0 radical (unpaired) electrons. The van der Waals surface area contributed by atoms with Crippen molar-refractivity contribution in [2.45, 2.75) is 27.4 Å². The number of hydrazone groups is 1. The number of hydrogen-bond donors (Lipinski definition) is 0. The van der Waals surface area contributed by atoms with E-state index >= 15 is 0 Å². The van der Waals surface area contributed by atoms with E-state index in [9.17, 15) is 4.79 Å². The van der Waals surface area contributed by atoms with Gasteiger partial charge in [-0.1, -0.05) is 48.0 Å². The Morgan fingerprint density at radius 2 is 1.79 bits per heavy atom. The van der Waals surface area contributed by atoms with Crippen LogP contribution in [0.1, 0.15) is 30.5 Å². The van der Waals surface area contributed by atoms with Gasteiger partial charge in [-0.2, -0.15) is 10.1 Å². The number of aryl methyl sites for hydroxylation is 1. The summed E-state index contributed by atoms with van der Waals surface area (Å²) < 4.78 is 13.0. The Morgan fingerprint density at radius 3 is 2.52 bits per heavy atom. The second kappa shape index (κ2) is 10.2. The highest BCUT2D eigenvalue weighted by Gasteiger charge is 2.28. The molecule has 0 atom stereocenters. The maximum Gasteiger partial charge on any atom is 0.280 e. The minimum Gasteiger partial charge on any atom is -0.490 e. The lowest BCUT2D eigenvalue weighted by Crippen LogP contribution is -2.21. The van der Waals surface area contributed by atoms with Gasteiger partial charge in [0.15, 0.2) is 11.5 Å². The third-order valence-electron chi connectivity index (χ3n) is 5.17. The van der Waals surface area contributed by atoms with E-state index in [0.29, 0.717) is 36.0 Å². The lowest BCUT2D eigenvalue weighted by atomic mass is 10.1. The largest absolute Gasteiger partial charge is 0.490 e. The summed E-state index contributed by atoms with van der Waals surface area (Å²) in [6.45, 7) is 6.82. The van der Waals surface area contributed by atoms with Gasteiger partial charge in [0.1, 0.15) is 6.61 Å². The third-order valence-corrected chi connectivity index (χ3v) is 5.97. The van der Waals surface area contributed by atoms with Crippen molar-refractivity contribution in [3.63, 3.8) is 0 Å². The summed E-state index contributed by atoms with van der Waals surface area (Å²) in [6, 6.07) is 21.6. The normalized spacial score (nSPS) is 14.5. The van der Waals surface area contributed by atoms with Gasteiger partial charge in [-0.15, -0.1) is 0 Å². The summed E-state index contributed by atoms with van der Waals surface area (Å²) in [5.74, 6) is 1.21. The van der Waals surface area contributed by atoms with E-state index in [4.69, 9.17) is 9.47 Å². The van der Waals surface area contributed by atoms with Crippen LogP contribution in [0.5, 0.6) is 11.5 Å². The van der Waals surface area contributed by atoms with E-state index < -0.39 is 0 Å². The summed E-state index contributed by atoms with van der Waals surface area (Å²) in [4.78, 5) is 13.1. The van der Waals surface area contributed by atoms with E-state index in [1.807, 2.05) is 74.5 Å². The SMILES string of the molecule is CCOc1cc(/C=C2/C(=O)N(c3ccccc3)N=C2C)cc(I)c1OCc1cccc(C)c1. The van der Waals surface area contributed by atoms with Gasteiger partial charge in [0.05, 0.1) is 27.1 Å². The Labute approximate surface area is 207 Å². The second-order valence-electron chi connectivity index (χ2n) is 7.74. The van der Waals surface area contributed by atoms with Gasteiger partial charge in [-0.05, 0) is 84.8 Å². The van der Waals surface area contributed by atoms with Gasteiger partial charge in [-0.3, -0.25) is 4.79 Å². The monoisotopic (exact) mass is 552 g/mol. The van der Waals surface area contributed by atoms with E-state index in [1.54, 1.807) is 0 Å². The quantitative estimate of drug-likeness (QED) is 0.253. The van der Waals surface area contributed by atoms with E-state index in [1.165, 1.54) is 10.6 Å². The minimum absolute atomic E-state index is 0.147. The molecule has 0 saturated heterocycles. The number of hydrogen-bond acceptors (Lipinski definition) is 4. The average Bonchev–Trinajstić information content (AvgIpc) is 3.08. The first-order valence-corrected chi connectivity index (χ1v) is 11.9. The lowest BCUT2D eigenvalue weighted by molar-refractivity contribution is -0.114. The van der Waals surface area contributed by atoms with Crippen LogP contribution in [-0.4, -0.2) is 18.2 Å². The van der Waals surface area contributed by atoms with Crippen molar-refractivity contribution < 1.29 is 14.3 Å². The molecule has 0 N–H and O–H groups in total. The van der Waals surface area contributed by atoms with Gasteiger partial charge in [0.25, 0.3) is 5.91 Å². The van der Waals surface area contributed by atoms with Crippen molar-refractivity contribution in [1.29, 1.82) is 0 Å². The van der Waals surface area contributed by atoms with Gasteiger partial charge < -0.3 is 9.47 Å². The molecule has 0 saturated carbocycles. The molecule has 168 valence electrons. The molecule has 0 unspecified atom stereocenters. The highest BCUT2D eigenvalue weighted by Crippen LogP contribution is 2.36. The van der Waals surface area contributed by atoms with Crippen LogP contribution in [0.2, 0.25) is 0 Å².